The first-order valence-corrected chi connectivity index (χ1v) is 9.53. The van der Waals surface area contributed by atoms with Gasteiger partial charge in [-0.3, -0.25) is 4.79 Å². The molecule has 5 aliphatic rings. The van der Waals surface area contributed by atoms with Crippen LogP contribution in [0, 0.1) is 46.3 Å². The van der Waals surface area contributed by atoms with Crippen LogP contribution in [0.5, 0.6) is 0 Å². The highest BCUT2D eigenvalue weighted by Crippen LogP contribution is 2.76. The van der Waals surface area contributed by atoms with E-state index in [2.05, 4.69) is 19.1 Å². The Morgan fingerprint density at radius 1 is 1.23 bits per heavy atom. The fourth-order valence-corrected chi connectivity index (χ4v) is 8.39. The van der Waals surface area contributed by atoms with E-state index in [1.165, 1.54) is 38.5 Å². The highest BCUT2D eigenvalue weighted by molar-refractivity contribution is 5.73. The summed E-state index contributed by atoms with van der Waals surface area (Å²) in [7, 11) is 0. The SMILES string of the molecule is CCC1(C23C=CC(CC2C(=O)O)C3)CC2CC1C1CCCC21. The van der Waals surface area contributed by atoms with Crippen LogP contribution in [0.3, 0.4) is 0 Å². The van der Waals surface area contributed by atoms with Crippen molar-refractivity contribution in [3.63, 3.8) is 0 Å². The smallest absolute Gasteiger partial charge is 0.307 e. The number of allylic oxidation sites excluding steroid dienone is 2. The van der Waals surface area contributed by atoms with Crippen molar-refractivity contribution in [1.29, 1.82) is 0 Å². The number of hydrogen-bond acceptors (Lipinski definition) is 1. The lowest BCUT2D eigenvalue weighted by Gasteiger charge is -2.54. The highest BCUT2D eigenvalue weighted by atomic mass is 16.4. The first-order valence-electron chi connectivity index (χ1n) is 9.53. The van der Waals surface area contributed by atoms with E-state index in [-0.39, 0.29) is 11.3 Å². The van der Waals surface area contributed by atoms with Crippen molar-refractivity contribution in [3.8, 4) is 0 Å². The zero-order valence-corrected chi connectivity index (χ0v) is 13.6. The molecule has 120 valence electrons. The second-order valence-electron chi connectivity index (χ2n) is 9.06. The van der Waals surface area contributed by atoms with Gasteiger partial charge in [-0.25, -0.2) is 0 Å². The van der Waals surface area contributed by atoms with E-state index in [1.807, 2.05) is 0 Å². The molecule has 0 aromatic heterocycles. The number of carboxylic acids is 1. The molecule has 22 heavy (non-hydrogen) atoms. The van der Waals surface area contributed by atoms with Gasteiger partial charge in [0.05, 0.1) is 5.92 Å². The van der Waals surface area contributed by atoms with E-state index in [9.17, 15) is 9.90 Å². The molecule has 2 heteroatoms. The van der Waals surface area contributed by atoms with E-state index in [0.29, 0.717) is 11.3 Å². The minimum absolute atomic E-state index is 0.00870. The van der Waals surface area contributed by atoms with Crippen molar-refractivity contribution in [3.05, 3.63) is 12.2 Å². The molecule has 8 unspecified atom stereocenters. The van der Waals surface area contributed by atoms with Crippen LogP contribution in [-0.4, -0.2) is 11.1 Å². The molecule has 5 rings (SSSR count). The van der Waals surface area contributed by atoms with Gasteiger partial charge in [0.25, 0.3) is 0 Å². The Morgan fingerprint density at radius 2 is 2.05 bits per heavy atom. The van der Waals surface area contributed by atoms with Crippen molar-refractivity contribution >= 4 is 5.97 Å². The molecule has 0 amide bonds. The van der Waals surface area contributed by atoms with Crippen LogP contribution >= 0.6 is 0 Å². The summed E-state index contributed by atoms with van der Waals surface area (Å²) in [6.07, 6.45) is 15.1. The topological polar surface area (TPSA) is 37.3 Å². The van der Waals surface area contributed by atoms with Gasteiger partial charge < -0.3 is 5.11 Å². The number of rotatable bonds is 3. The molecule has 2 nitrogen and oxygen atoms in total. The lowest BCUT2D eigenvalue weighted by molar-refractivity contribution is -0.151. The fraction of sp³-hybridized carbons (Fsp3) is 0.850. The van der Waals surface area contributed by atoms with E-state index in [0.717, 1.165) is 36.5 Å². The van der Waals surface area contributed by atoms with Gasteiger partial charge in [0.1, 0.15) is 0 Å². The lowest BCUT2D eigenvalue weighted by Crippen LogP contribution is -2.51. The predicted octanol–water partition coefficient (Wildman–Crippen LogP) is 4.51. The van der Waals surface area contributed by atoms with Crippen molar-refractivity contribution in [2.75, 3.05) is 0 Å². The molecule has 0 saturated heterocycles. The standard InChI is InChI=1S/C20H28O2/c1-2-19(11-13-9-16(19)15-5-3-4-14(13)15)20-7-6-12(10-20)8-17(20)18(21)22/h6-7,12-17H,2-5,8-11H2,1H3,(H,21,22). The molecule has 0 spiro atoms. The lowest BCUT2D eigenvalue weighted by atomic mass is 9.49. The number of carboxylic acid groups (broad SMARTS) is 1. The maximum atomic E-state index is 12.0. The molecule has 0 aliphatic heterocycles. The minimum atomic E-state index is -0.523. The molecular weight excluding hydrogens is 272 g/mol. The Balaban J connectivity index is 1.61. The Morgan fingerprint density at radius 3 is 2.77 bits per heavy atom. The normalized spacial score (nSPS) is 57.7. The van der Waals surface area contributed by atoms with Crippen molar-refractivity contribution in [2.24, 2.45) is 46.3 Å². The number of fused-ring (bicyclic) bond motifs is 7. The van der Waals surface area contributed by atoms with E-state index in [4.69, 9.17) is 0 Å². The zero-order chi connectivity index (χ0) is 15.1. The van der Waals surface area contributed by atoms with Crippen LogP contribution in [0.2, 0.25) is 0 Å². The van der Waals surface area contributed by atoms with Gasteiger partial charge in [-0.2, -0.15) is 0 Å². The quantitative estimate of drug-likeness (QED) is 0.779. The number of aliphatic carboxylic acids is 1. The maximum absolute atomic E-state index is 12.0. The molecule has 4 fully saturated rings. The Hall–Kier alpha value is -0.790. The molecule has 4 bridgehead atoms. The van der Waals surface area contributed by atoms with Gasteiger partial charge in [0.15, 0.2) is 0 Å². The summed E-state index contributed by atoms with van der Waals surface area (Å²) in [6.45, 7) is 2.36. The Bertz CT molecular complexity index is 552. The molecule has 0 heterocycles. The average Bonchev–Trinajstić information content (AvgIpc) is 3.27. The molecular formula is C20H28O2. The summed E-state index contributed by atoms with van der Waals surface area (Å²) in [5.41, 5.74) is 0.291. The molecule has 8 atom stereocenters. The molecule has 5 aliphatic carbocycles. The van der Waals surface area contributed by atoms with Crippen LogP contribution in [0.4, 0.5) is 0 Å². The van der Waals surface area contributed by atoms with Crippen molar-refractivity contribution < 1.29 is 9.90 Å². The van der Waals surface area contributed by atoms with Crippen LogP contribution in [0.15, 0.2) is 12.2 Å². The second kappa shape index (κ2) is 4.19. The van der Waals surface area contributed by atoms with Crippen LogP contribution in [-0.2, 0) is 4.79 Å². The third-order valence-corrected chi connectivity index (χ3v) is 8.92. The summed E-state index contributed by atoms with van der Waals surface area (Å²) in [6, 6.07) is 0. The van der Waals surface area contributed by atoms with Crippen molar-refractivity contribution in [1.82, 2.24) is 0 Å². The van der Waals surface area contributed by atoms with Gasteiger partial charge in [-0.15, -0.1) is 0 Å². The third-order valence-electron chi connectivity index (χ3n) is 8.92. The van der Waals surface area contributed by atoms with Crippen molar-refractivity contribution in [2.45, 2.75) is 58.3 Å². The zero-order valence-electron chi connectivity index (χ0n) is 13.6. The van der Waals surface area contributed by atoms with Gasteiger partial charge >= 0.3 is 5.97 Å². The molecule has 0 aromatic rings. The van der Waals surface area contributed by atoms with E-state index >= 15 is 0 Å². The summed E-state index contributed by atoms with van der Waals surface area (Å²) in [5.74, 6) is 3.56. The van der Waals surface area contributed by atoms with Crippen LogP contribution in [0.1, 0.15) is 58.3 Å². The van der Waals surface area contributed by atoms with Gasteiger partial charge in [0.2, 0.25) is 0 Å². The first kappa shape index (κ1) is 13.6. The summed E-state index contributed by atoms with van der Waals surface area (Å²) in [5, 5.41) is 9.89. The highest BCUT2D eigenvalue weighted by Gasteiger charge is 2.70. The fourth-order valence-electron chi connectivity index (χ4n) is 8.39. The molecule has 1 N–H and O–H groups in total. The minimum Gasteiger partial charge on any atom is -0.481 e. The third kappa shape index (κ3) is 1.33. The number of carbonyl (C=O) groups is 1. The first-order chi connectivity index (χ1) is 10.6. The van der Waals surface area contributed by atoms with Gasteiger partial charge in [0, 0.05) is 5.41 Å². The van der Waals surface area contributed by atoms with E-state index < -0.39 is 5.97 Å². The van der Waals surface area contributed by atoms with Crippen LogP contribution < -0.4 is 0 Å². The molecule has 4 saturated carbocycles. The maximum Gasteiger partial charge on any atom is 0.307 e. The monoisotopic (exact) mass is 300 g/mol. The van der Waals surface area contributed by atoms with Crippen LogP contribution in [0.25, 0.3) is 0 Å². The van der Waals surface area contributed by atoms with Gasteiger partial charge in [-0.1, -0.05) is 25.5 Å². The Kier molecular flexibility index (Phi) is 2.59. The molecule has 0 radical (unpaired) electrons. The summed E-state index contributed by atoms with van der Waals surface area (Å²) >= 11 is 0. The predicted molar refractivity (Wildman–Crippen MR) is 85.2 cm³/mol. The average molecular weight is 300 g/mol. The second-order valence-corrected chi connectivity index (χ2v) is 9.06. The van der Waals surface area contributed by atoms with E-state index in [1.54, 1.807) is 0 Å². The summed E-state index contributed by atoms with van der Waals surface area (Å²) < 4.78 is 0. The van der Waals surface area contributed by atoms with Gasteiger partial charge in [-0.05, 0) is 80.0 Å². The molecule has 0 aromatic carbocycles. The Labute approximate surface area is 133 Å². The number of hydrogen-bond donors (Lipinski definition) is 1. The largest absolute Gasteiger partial charge is 0.481 e. The summed E-state index contributed by atoms with van der Waals surface area (Å²) in [4.78, 5) is 12.0.